The first-order valence-electron chi connectivity index (χ1n) is 5.09. The van der Waals surface area contributed by atoms with Crippen LogP contribution in [0.15, 0.2) is 19.2 Å². The molecular weight excluding hydrogens is 342 g/mol. The smallest absolute Gasteiger partial charge is 0.250 e. The Bertz CT molecular complexity index is 520. The van der Waals surface area contributed by atoms with Gasteiger partial charge in [-0.25, -0.2) is 13.1 Å². The summed E-state index contributed by atoms with van der Waals surface area (Å²) in [6.07, 6.45) is 0.812. The van der Waals surface area contributed by atoms with E-state index in [4.69, 9.17) is 10.9 Å². The van der Waals surface area contributed by atoms with Crippen LogP contribution < -0.4 is 10.5 Å². The van der Waals surface area contributed by atoms with Gasteiger partial charge in [0.1, 0.15) is 10.0 Å². The van der Waals surface area contributed by atoms with Crippen LogP contribution in [0.4, 0.5) is 0 Å². The van der Waals surface area contributed by atoms with Crippen molar-refractivity contribution in [3.8, 4) is 0 Å². The maximum atomic E-state index is 11.9. The van der Waals surface area contributed by atoms with E-state index in [2.05, 4.69) is 25.8 Å². The molecule has 102 valence electrons. The van der Waals surface area contributed by atoms with Gasteiger partial charge < -0.3 is 10.9 Å². The number of nitrogens with two attached hydrogens (primary N) is 1. The number of aryl methyl sites for hydroxylation is 1. The van der Waals surface area contributed by atoms with Gasteiger partial charge in [0.25, 0.3) is 0 Å². The lowest BCUT2D eigenvalue weighted by atomic mass is 10.3. The van der Waals surface area contributed by atoms with Gasteiger partial charge in [-0.2, -0.15) is 0 Å². The lowest BCUT2D eigenvalue weighted by molar-refractivity contribution is 0.316. The highest BCUT2D eigenvalue weighted by Gasteiger charge is 2.17. The van der Waals surface area contributed by atoms with E-state index in [9.17, 15) is 8.42 Å². The minimum Gasteiger partial charge on any atom is -0.409 e. The van der Waals surface area contributed by atoms with Crippen molar-refractivity contribution in [1.82, 2.24) is 4.72 Å². The Labute approximate surface area is 118 Å². The Morgan fingerprint density at radius 1 is 1.67 bits per heavy atom. The first-order chi connectivity index (χ1) is 8.36. The third-order valence-electron chi connectivity index (χ3n) is 2.13. The highest BCUT2D eigenvalue weighted by molar-refractivity contribution is 9.11. The molecule has 0 saturated heterocycles. The minimum absolute atomic E-state index is 0.0870. The number of halogens is 1. The van der Waals surface area contributed by atoms with Gasteiger partial charge in [0.2, 0.25) is 10.0 Å². The number of thiophene rings is 1. The van der Waals surface area contributed by atoms with Crippen LogP contribution in [0.3, 0.4) is 0 Å². The summed E-state index contributed by atoms with van der Waals surface area (Å²) in [5, 5.41) is 11.1. The van der Waals surface area contributed by atoms with E-state index < -0.39 is 10.0 Å². The molecule has 0 fully saturated rings. The molecule has 18 heavy (non-hydrogen) atoms. The van der Waals surface area contributed by atoms with E-state index in [-0.39, 0.29) is 16.6 Å². The third kappa shape index (κ3) is 4.23. The molecule has 0 aliphatic heterocycles. The predicted molar refractivity (Wildman–Crippen MR) is 74.6 cm³/mol. The number of nitrogens with zero attached hydrogens (tertiary/aromatic N) is 1. The van der Waals surface area contributed by atoms with Crippen molar-refractivity contribution in [2.24, 2.45) is 10.9 Å². The van der Waals surface area contributed by atoms with Crippen LogP contribution >= 0.6 is 27.3 Å². The number of rotatable bonds is 6. The van der Waals surface area contributed by atoms with E-state index in [0.29, 0.717) is 12.8 Å². The average Bonchev–Trinajstić information content (AvgIpc) is 2.66. The summed E-state index contributed by atoms with van der Waals surface area (Å²) in [6, 6.07) is 1.61. The Morgan fingerprint density at radius 2 is 2.33 bits per heavy atom. The van der Waals surface area contributed by atoms with Crippen LogP contribution in [0, 0.1) is 6.92 Å². The molecule has 0 atom stereocenters. The largest absolute Gasteiger partial charge is 0.409 e. The molecule has 0 bridgehead atoms. The number of oxime groups is 1. The molecule has 0 unspecified atom stereocenters. The third-order valence-corrected chi connectivity index (χ3v) is 6.20. The summed E-state index contributed by atoms with van der Waals surface area (Å²) in [5.74, 6) is 0.0870. The monoisotopic (exact) mass is 355 g/mol. The first kappa shape index (κ1) is 15.4. The fourth-order valence-corrected chi connectivity index (χ4v) is 4.51. The lowest BCUT2D eigenvalue weighted by Crippen LogP contribution is -2.25. The molecule has 1 heterocycles. The van der Waals surface area contributed by atoms with Crippen LogP contribution in [-0.4, -0.2) is 26.0 Å². The number of sulfonamides is 1. The van der Waals surface area contributed by atoms with Gasteiger partial charge in [-0.05, 0) is 40.9 Å². The Balaban J connectivity index is 2.55. The summed E-state index contributed by atoms with van der Waals surface area (Å²) in [4.78, 5) is 0. The zero-order valence-electron chi connectivity index (χ0n) is 9.68. The van der Waals surface area contributed by atoms with Gasteiger partial charge in [-0.15, -0.1) is 11.3 Å². The molecule has 1 aromatic rings. The molecular formula is C9H14BrN3O3S2. The maximum absolute atomic E-state index is 11.9. The number of hydrogen-bond acceptors (Lipinski definition) is 5. The summed E-state index contributed by atoms with van der Waals surface area (Å²) >= 11 is 4.45. The molecule has 0 spiro atoms. The second kappa shape index (κ2) is 6.50. The first-order valence-corrected chi connectivity index (χ1v) is 8.18. The zero-order chi connectivity index (χ0) is 13.8. The quantitative estimate of drug-likeness (QED) is 0.237. The predicted octanol–water partition coefficient (Wildman–Crippen LogP) is 1.62. The Morgan fingerprint density at radius 3 is 2.83 bits per heavy atom. The highest BCUT2D eigenvalue weighted by atomic mass is 79.9. The van der Waals surface area contributed by atoms with E-state index in [1.54, 1.807) is 6.07 Å². The normalized spacial score (nSPS) is 12.9. The number of nitrogens with one attached hydrogen (secondary N) is 1. The molecule has 0 aliphatic rings. The standard InChI is InChI=1S/C9H14BrN3O3S2/c1-6-5-8(17-9(6)10)18(15,16)12-4-2-3-7(11)13-14/h5,12,14H,2-4H2,1H3,(H2,11,13). The summed E-state index contributed by atoms with van der Waals surface area (Å²) in [7, 11) is -3.47. The summed E-state index contributed by atoms with van der Waals surface area (Å²) < 4.78 is 27.3. The SMILES string of the molecule is Cc1cc(S(=O)(=O)NCCCC(N)=NO)sc1Br. The van der Waals surface area contributed by atoms with Gasteiger partial charge in [-0.3, -0.25) is 0 Å². The van der Waals surface area contributed by atoms with Gasteiger partial charge in [0.05, 0.1) is 3.79 Å². The van der Waals surface area contributed by atoms with E-state index in [1.807, 2.05) is 6.92 Å². The fraction of sp³-hybridized carbons (Fsp3) is 0.444. The van der Waals surface area contributed by atoms with Crippen molar-refractivity contribution in [2.75, 3.05) is 6.54 Å². The molecule has 0 amide bonds. The van der Waals surface area contributed by atoms with Gasteiger partial charge >= 0.3 is 0 Å². The van der Waals surface area contributed by atoms with Crippen LogP contribution in [0.5, 0.6) is 0 Å². The maximum Gasteiger partial charge on any atom is 0.250 e. The summed E-state index contributed by atoms with van der Waals surface area (Å²) in [6.45, 7) is 2.07. The van der Waals surface area contributed by atoms with E-state index >= 15 is 0 Å². The molecule has 0 aromatic carbocycles. The van der Waals surface area contributed by atoms with E-state index in [1.165, 1.54) is 11.3 Å². The van der Waals surface area contributed by atoms with Crippen molar-refractivity contribution in [3.63, 3.8) is 0 Å². The van der Waals surface area contributed by atoms with Crippen LogP contribution in [0.1, 0.15) is 18.4 Å². The Kier molecular flexibility index (Phi) is 5.57. The van der Waals surface area contributed by atoms with Gasteiger partial charge in [0, 0.05) is 13.0 Å². The minimum atomic E-state index is -3.47. The molecule has 0 aliphatic carbocycles. The van der Waals surface area contributed by atoms with Crippen LogP contribution in [0.2, 0.25) is 0 Å². The molecule has 1 rings (SSSR count). The van der Waals surface area contributed by atoms with Gasteiger partial charge in [-0.1, -0.05) is 5.16 Å². The van der Waals surface area contributed by atoms with Crippen molar-refractivity contribution in [1.29, 1.82) is 0 Å². The zero-order valence-corrected chi connectivity index (χ0v) is 12.9. The molecule has 0 saturated carbocycles. The van der Waals surface area contributed by atoms with Crippen molar-refractivity contribution >= 4 is 43.1 Å². The second-order valence-corrected chi connectivity index (χ2v) is 7.98. The van der Waals surface area contributed by atoms with Gasteiger partial charge in [0.15, 0.2) is 0 Å². The molecule has 6 nitrogen and oxygen atoms in total. The summed E-state index contributed by atoms with van der Waals surface area (Å²) in [5.41, 5.74) is 6.16. The topological polar surface area (TPSA) is 105 Å². The van der Waals surface area contributed by atoms with Crippen molar-refractivity contribution in [2.45, 2.75) is 24.0 Å². The lowest BCUT2D eigenvalue weighted by Gasteiger charge is -2.03. The Hall–Kier alpha value is -0.640. The van der Waals surface area contributed by atoms with Crippen molar-refractivity contribution in [3.05, 3.63) is 15.4 Å². The molecule has 4 N–H and O–H groups in total. The number of hydrogen-bond donors (Lipinski definition) is 3. The molecule has 1 aromatic heterocycles. The molecule has 0 radical (unpaired) electrons. The number of amidine groups is 1. The highest BCUT2D eigenvalue weighted by Crippen LogP contribution is 2.30. The van der Waals surface area contributed by atoms with Crippen LogP contribution in [0.25, 0.3) is 0 Å². The van der Waals surface area contributed by atoms with E-state index in [0.717, 1.165) is 9.35 Å². The van der Waals surface area contributed by atoms with Crippen molar-refractivity contribution < 1.29 is 13.6 Å². The van der Waals surface area contributed by atoms with Crippen LogP contribution in [-0.2, 0) is 10.0 Å². The fourth-order valence-electron chi connectivity index (χ4n) is 1.16. The second-order valence-electron chi connectivity index (χ2n) is 3.61. The molecule has 9 heteroatoms. The average molecular weight is 356 g/mol.